The van der Waals surface area contributed by atoms with E-state index in [9.17, 15) is 9.59 Å². The molecule has 110 valence electrons. The number of nitrogens with one attached hydrogen (secondary N) is 1. The zero-order valence-corrected chi connectivity index (χ0v) is 11.7. The van der Waals surface area contributed by atoms with Crippen LogP contribution in [0.2, 0.25) is 0 Å². The summed E-state index contributed by atoms with van der Waals surface area (Å²) in [7, 11) is 0. The van der Waals surface area contributed by atoms with Gasteiger partial charge >= 0.3 is 6.09 Å². The van der Waals surface area contributed by atoms with E-state index in [0.717, 1.165) is 12.8 Å². The Balaban J connectivity index is 2.42. The van der Waals surface area contributed by atoms with Gasteiger partial charge in [0.1, 0.15) is 6.04 Å². The van der Waals surface area contributed by atoms with Crippen molar-refractivity contribution in [1.29, 1.82) is 0 Å². The summed E-state index contributed by atoms with van der Waals surface area (Å²) >= 11 is 0. The van der Waals surface area contributed by atoms with Crippen molar-refractivity contribution in [2.24, 2.45) is 0 Å². The molecule has 1 atom stereocenters. The molecule has 1 heterocycles. The molecule has 0 aliphatic carbocycles. The maximum atomic E-state index is 12.0. The fourth-order valence-corrected chi connectivity index (χ4v) is 2.09. The number of nitrogens with zero attached hydrogens (tertiary/aromatic N) is 1. The lowest BCUT2D eigenvalue weighted by Gasteiger charge is -2.24. The van der Waals surface area contributed by atoms with Crippen molar-refractivity contribution >= 4 is 12.0 Å². The first-order valence-electron chi connectivity index (χ1n) is 6.92. The molecular weight excluding hydrogens is 248 g/mol. The van der Waals surface area contributed by atoms with Gasteiger partial charge in [0.2, 0.25) is 5.91 Å². The Morgan fingerprint density at radius 2 is 2.16 bits per heavy atom. The van der Waals surface area contributed by atoms with Crippen LogP contribution in [0.3, 0.4) is 0 Å². The second kappa shape index (κ2) is 7.99. The normalized spacial score (nSPS) is 18.7. The standard InChI is InChI=1S/C13H24N2O4/c1-10(2)19-13(18)15-8-5-6-11(15)12(17)14-7-3-4-9-16/h10-11,16H,3-9H2,1-2H3,(H,14,17)/t11-/m0/s1. The Kier molecular flexibility index (Phi) is 6.62. The van der Waals surface area contributed by atoms with E-state index in [1.807, 2.05) is 0 Å². The number of amides is 2. The van der Waals surface area contributed by atoms with E-state index in [2.05, 4.69) is 5.32 Å². The van der Waals surface area contributed by atoms with Gasteiger partial charge in [-0.25, -0.2) is 4.79 Å². The summed E-state index contributed by atoms with van der Waals surface area (Å²) in [6, 6.07) is -0.416. The van der Waals surface area contributed by atoms with Gasteiger partial charge in [0.25, 0.3) is 0 Å². The van der Waals surface area contributed by atoms with Gasteiger partial charge in [-0.15, -0.1) is 0 Å². The summed E-state index contributed by atoms with van der Waals surface area (Å²) in [4.78, 5) is 25.3. The number of hydrogen-bond acceptors (Lipinski definition) is 4. The van der Waals surface area contributed by atoms with E-state index < -0.39 is 12.1 Å². The van der Waals surface area contributed by atoms with Crippen LogP contribution in [0.15, 0.2) is 0 Å². The molecule has 0 aromatic carbocycles. The minimum Gasteiger partial charge on any atom is -0.447 e. The van der Waals surface area contributed by atoms with Gasteiger partial charge in [0, 0.05) is 19.7 Å². The highest BCUT2D eigenvalue weighted by molar-refractivity contribution is 5.86. The lowest BCUT2D eigenvalue weighted by atomic mass is 10.2. The van der Waals surface area contributed by atoms with Crippen molar-refractivity contribution in [3.63, 3.8) is 0 Å². The van der Waals surface area contributed by atoms with E-state index in [-0.39, 0.29) is 18.6 Å². The molecule has 0 saturated carbocycles. The predicted molar refractivity (Wildman–Crippen MR) is 70.7 cm³/mol. The van der Waals surface area contributed by atoms with Gasteiger partial charge in [-0.1, -0.05) is 0 Å². The molecule has 0 aromatic heterocycles. The Morgan fingerprint density at radius 3 is 2.79 bits per heavy atom. The van der Waals surface area contributed by atoms with Crippen molar-refractivity contribution < 1.29 is 19.4 Å². The fourth-order valence-electron chi connectivity index (χ4n) is 2.09. The lowest BCUT2D eigenvalue weighted by molar-refractivity contribution is -0.125. The van der Waals surface area contributed by atoms with Gasteiger partial charge < -0.3 is 15.2 Å². The van der Waals surface area contributed by atoms with Gasteiger partial charge in [-0.2, -0.15) is 0 Å². The van der Waals surface area contributed by atoms with Crippen LogP contribution in [0.4, 0.5) is 4.79 Å². The first-order chi connectivity index (χ1) is 9.06. The van der Waals surface area contributed by atoms with Crippen LogP contribution in [-0.2, 0) is 9.53 Å². The number of likely N-dealkylation sites (tertiary alicyclic amines) is 1. The number of unbranched alkanes of at least 4 members (excludes halogenated alkanes) is 1. The van der Waals surface area contributed by atoms with Crippen molar-refractivity contribution in [3.05, 3.63) is 0 Å². The molecule has 2 amide bonds. The highest BCUT2D eigenvalue weighted by Gasteiger charge is 2.35. The number of carbonyl (C=O) groups excluding carboxylic acids is 2. The fraction of sp³-hybridized carbons (Fsp3) is 0.846. The molecule has 2 N–H and O–H groups in total. The number of aliphatic hydroxyl groups excluding tert-OH is 1. The van der Waals surface area contributed by atoms with Crippen molar-refractivity contribution in [2.75, 3.05) is 19.7 Å². The molecule has 1 fully saturated rings. The van der Waals surface area contributed by atoms with Gasteiger partial charge in [-0.3, -0.25) is 9.69 Å². The third-order valence-electron chi connectivity index (χ3n) is 3.01. The molecule has 1 rings (SSSR count). The summed E-state index contributed by atoms with van der Waals surface area (Å²) in [5, 5.41) is 11.5. The first-order valence-corrected chi connectivity index (χ1v) is 6.92. The predicted octanol–water partition coefficient (Wildman–Crippen LogP) is 0.884. The molecule has 6 nitrogen and oxygen atoms in total. The Bertz CT molecular complexity index is 307. The number of rotatable bonds is 6. The number of ether oxygens (including phenoxy) is 1. The van der Waals surface area contributed by atoms with Gasteiger partial charge in [0.15, 0.2) is 0 Å². The molecule has 19 heavy (non-hydrogen) atoms. The smallest absolute Gasteiger partial charge is 0.410 e. The quantitative estimate of drug-likeness (QED) is 0.704. The molecule has 0 unspecified atom stereocenters. The molecule has 0 aromatic rings. The topological polar surface area (TPSA) is 78.9 Å². The van der Waals surface area contributed by atoms with Crippen LogP contribution in [0.5, 0.6) is 0 Å². The Hall–Kier alpha value is -1.30. The maximum absolute atomic E-state index is 12.0. The largest absolute Gasteiger partial charge is 0.447 e. The van der Waals surface area contributed by atoms with Crippen LogP contribution in [0.25, 0.3) is 0 Å². The van der Waals surface area contributed by atoms with Crippen LogP contribution < -0.4 is 5.32 Å². The highest BCUT2D eigenvalue weighted by Crippen LogP contribution is 2.18. The Morgan fingerprint density at radius 1 is 1.42 bits per heavy atom. The Labute approximate surface area is 114 Å². The monoisotopic (exact) mass is 272 g/mol. The first kappa shape index (κ1) is 15.8. The average molecular weight is 272 g/mol. The molecule has 1 saturated heterocycles. The van der Waals surface area contributed by atoms with Crippen LogP contribution in [-0.4, -0.2) is 53.8 Å². The van der Waals surface area contributed by atoms with E-state index in [0.29, 0.717) is 25.9 Å². The van der Waals surface area contributed by atoms with Crippen LogP contribution in [0, 0.1) is 0 Å². The third kappa shape index (κ3) is 5.06. The summed E-state index contributed by atoms with van der Waals surface area (Å²) in [5.41, 5.74) is 0. The summed E-state index contributed by atoms with van der Waals surface area (Å²) in [6.07, 6.45) is 2.32. The molecule has 0 radical (unpaired) electrons. The maximum Gasteiger partial charge on any atom is 0.410 e. The van der Waals surface area contributed by atoms with E-state index in [1.54, 1.807) is 13.8 Å². The molecule has 6 heteroatoms. The third-order valence-corrected chi connectivity index (χ3v) is 3.01. The number of aliphatic hydroxyl groups is 1. The minimum atomic E-state index is -0.416. The second-order valence-corrected chi connectivity index (χ2v) is 5.01. The number of carbonyl (C=O) groups is 2. The zero-order chi connectivity index (χ0) is 14.3. The van der Waals surface area contributed by atoms with Gasteiger partial charge in [-0.05, 0) is 39.5 Å². The zero-order valence-electron chi connectivity index (χ0n) is 11.7. The minimum absolute atomic E-state index is 0.129. The van der Waals surface area contributed by atoms with Gasteiger partial charge in [0.05, 0.1) is 6.10 Å². The van der Waals surface area contributed by atoms with E-state index in [1.165, 1.54) is 4.90 Å². The molecule has 1 aliphatic heterocycles. The lowest BCUT2D eigenvalue weighted by Crippen LogP contribution is -2.46. The van der Waals surface area contributed by atoms with Crippen LogP contribution in [0.1, 0.15) is 39.5 Å². The highest BCUT2D eigenvalue weighted by atomic mass is 16.6. The summed E-state index contributed by atoms with van der Waals surface area (Å²) in [5.74, 6) is -0.129. The molecule has 1 aliphatic rings. The van der Waals surface area contributed by atoms with E-state index >= 15 is 0 Å². The SMILES string of the molecule is CC(C)OC(=O)N1CCC[C@H]1C(=O)NCCCCO. The van der Waals surface area contributed by atoms with Crippen molar-refractivity contribution in [3.8, 4) is 0 Å². The summed E-state index contributed by atoms with van der Waals surface area (Å²) in [6.45, 7) is 4.81. The van der Waals surface area contributed by atoms with E-state index in [4.69, 9.17) is 9.84 Å². The summed E-state index contributed by atoms with van der Waals surface area (Å²) < 4.78 is 5.13. The van der Waals surface area contributed by atoms with Crippen LogP contribution >= 0.6 is 0 Å². The molecular formula is C13H24N2O4. The average Bonchev–Trinajstić information content (AvgIpc) is 2.82. The number of hydrogen-bond donors (Lipinski definition) is 2. The molecule has 0 bridgehead atoms. The van der Waals surface area contributed by atoms with Crippen molar-refractivity contribution in [2.45, 2.75) is 51.7 Å². The van der Waals surface area contributed by atoms with Crippen molar-refractivity contribution in [1.82, 2.24) is 10.2 Å². The molecule has 0 spiro atoms. The second-order valence-electron chi connectivity index (χ2n) is 5.01.